The summed E-state index contributed by atoms with van der Waals surface area (Å²) in [5, 5.41) is 14.8. The molecule has 0 saturated carbocycles. The van der Waals surface area contributed by atoms with E-state index in [2.05, 4.69) is 10.2 Å². The first-order valence-corrected chi connectivity index (χ1v) is 12.5. The summed E-state index contributed by atoms with van der Waals surface area (Å²) < 4.78 is 5.28. The van der Waals surface area contributed by atoms with E-state index in [-0.39, 0.29) is 17.9 Å². The molecule has 2 aliphatic rings. The van der Waals surface area contributed by atoms with Crippen LogP contribution < -0.4 is 10.2 Å². The topological polar surface area (TPSA) is 102 Å². The lowest BCUT2D eigenvalue weighted by Crippen LogP contribution is -2.27. The van der Waals surface area contributed by atoms with Gasteiger partial charge in [0.15, 0.2) is 0 Å². The third-order valence-electron chi connectivity index (χ3n) is 6.26. The number of fused-ring (bicyclic) bond motifs is 1. The number of benzene rings is 1. The molecule has 1 fully saturated rings. The number of aryl methyl sites for hydroxylation is 1. The monoisotopic (exact) mass is 471 g/mol. The molecule has 9 heteroatoms. The Hall–Kier alpha value is -2.94. The molecule has 1 amide bonds. The van der Waals surface area contributed by atoms with Crippen molar-refractivity contribution in [2.45, 2.75) is 58.3 Å². The van der Waals surface area contributed by atoms with E-state index in [4.69, 9.17) is 4.74 Å². The SMILES string of the molecule is CCOC(=O)c1c(NC(=O)c2cc([N+](=O)[O-])ccc2N2CCCCCC2)sc2c1CCCC2. The third-order valence-corrected chi connectivity index (χ3v) is 7.47. The van der Waals surface area contributed by atoms with Crippen LogP contribution in [0.4, 0.5) is 16.4 Å². The summed E-state index contributed by atoms with van der Waals surface area (Å²) in [5.41, 5.74) is 2.22. The number of rotatable bonds is 6. The molecular weight excluding hydrogens is 442 g/mol. The number of esters is 1. The number of carbonyl (C=O) groups excluding carboxylic acids is 2. The van der Waals surface area contributed by atoms with Crippen LogP contribution in [0.3, 0.4) is 0 Å². The van der Waals surface area contributed by atoms with Crippen LogP contribution in [-0.4, -0.2) is 36.5 Å². The van der Waals surface area contributed by atoms with Crippen LogP contribution >= 0.6 is 11.3 Å². The number of nitrogens with zero attached hydrogens (tertiary/aromatic N) is 2. The molecule has 8 nitrogen and oxygen atoms in total. The minimum Gasteiger partial charge on any atom is -0.462 e. The highest BCUT2D eigenvalue weighted by Gasteiger charge is 2.29. The van der Waals surface area contributed by atoms with Gasteiger partial charge in [-0.2, -0.15) is 0 Å². The van der Waals surface area contributed by atoms with Gasteiger partial charge in [0.25, 0.3) is 11.6 Å². The van der Waals surface area contributed by atoms with Gasteiger partial charge in [0.2, 0.25) is 0 Å². The van der Waals surface area contributed by atoms with Gasteiger partial charge in [0.05, 0.1) is 28.3 Å². The van der Waals surface area contributed by atoms with E-state index in [1.54, 1.807) is 13.0 Å². The van der Waals surface area contributed by atoms with Crippen molar-refractivity contribution in [2.24, 2.45) is 0 Å². The van der Waals surface area contributed by atoms with E-state index in [0.29, 0.717) is 16.3 Å². The minimum atomic E-state index is -0.489. The Kier molecular flexibility index (Phi) is 7.27. The molecule has 1 saturated heterocycles. The van der Waals surface area contributed by atoms with Crippen LogP contribution in [0.25, 0.3) is 0 Å². The summed E-state index contributed by atoms with van der Waals surface area (Å²) in [5.74, 6) is -0.874. The van der Waals surface area contributed by atoms with E-state index < -0.39 is 16.8 Å². The van der Waals surface area contributed by atoms with E-state index in [0.717, 1.165) is 74.9 Å². The standard InChI is InChI=1S/C24H29N3O5S/c1-2-32-24(29)21-17-9-5-6-10-20(17)33-23(21)25-22(28)18-15-16(27(30)31)11-12-19(18)26-13-7-3-4-8-14-26/h11-12,15H,2-10,13-14H2,1H3,(H,25,28). The van der Waals surface area contributed by atoms with Crippen molar-refractivity contribution in [3.8, 4) is 0 Å². The molecule has 1 N–H and O–H groups in total. The first-order chi connectivity index (χ1) is 16.0. The minimum absolute atomic E-state index is 0.130. The number of nitro groups is 1. The lowest BCUT2D eigenvalue weighted by Gasteiger charge is -2.25. The zero-order chi connectivity index (χ0) is 23.4. The summed E-state index contributed by atoms with van der Waals surface area (Å²) in [4.78, 5) is 40.4. The summed E-state index contributed by atoms with van der Waals surface area (Å²) in [6.07, 6.45) is 8.00. The van der Waals surface area contributed by atoms with Crippen LogP contribution in [0.15, 0.2) is 18.2 Å². The molecular formula is C24H29N3O5S. The first kappa shape index (κ1) is 23.2. The molecule has 1 aliphatic heterocycles. The van der Waals surface area contributed by atoms with E-state index in [1.807, 2.05) is 0 Å². The van der Waals surface area contributed by atoms with Crippen molar-refractivity contribution in [3.63, 3.8) is 0 Å². The summed E-state index contributed by atoms with van der Waals surface area (Å²) in [6.45, 7) is 3.62. The maximum Gasteiger partial charge on any atom is 0.341 e. The Morgan fingerprint density at radius 1 is 1.12 bits per heavy atom. The Morgan fingerprint density at radius 2 is 1.85 bits per heavy atom. The highest BCUT2D eigenvalue weighted by atomic mass is 32.1. The van der Waals surface area contributed by atoms with Crippen LogP contribution in [0.2, 0.25) is 0 Å². The number of carbonyl (C=O) groups is 2. The number of amides is 1. The molecule has 0 bridgehead atoms. The highest BCUT2D eigenvalue weighted by molar-refractivity contribution is 7.17. The fraction of sp³-hybridized carbons (Fsp3) is 0.500. The molecule has 0 unspecified atom stereocenters. The normalized spacial score (nSPS) is 16.0. The molecule has 0 radical (unpaired) electrons. The average Bonchev–Trinajstić information content (AvgIpc) is 2.96. The molecule has 2 heterocycles. The van der Waals surface area contributed by atoms with Crippen molar-refractivity contribution in [2.75, 3.05) is 29.9 Å². The Balaban J connectivity index is 1.71. The van der Waals surface area contributed by atoms with Crippen LogP contribution in [-0.2, 0) is 17.6 Å². The molecule has 1 aliphatic carbocycles. The van der Waals surface area contributed by atoms with Crippen LogP contribution in [0.1, 0.15) is 76.6 Å². The number of hydrogen-bond donors (Lipinski definition) is 1. The molecule has 4 rings (SSSR count). The second-order valence-corrected chi connectivity index (χ2v) is 9.55. The Morgan fingerprint density at radius 3 is 2.55 bits per heavy atom. The van der Waals surface area contributed by atoms with Gasteiger partial charge in [-0.25, -0.2) is 4.79 Å². The first-order valence-electron chi connectivity index (χ1n) is 11.7. The lowest BCUT2D eigenvalue weighted by atomic mass is 9.95. The van der Waals surface area contributed by atoms with Gasteiger partial charge in [0, 0.05) is 30.1 Å². The average molecular weight is 472 g/mol. The van der Waals surface area contributed by atoms with E-state index in [1.165, 1.54) is 23.5 Å². The van der Waals surface area contributed by atoms with Crippen LogP contribution in [0.5, 0.6) is 0 Å². The lowest BCUT2D eigenvalue weighted by molar-refractivity contribution is -0.384. The van der Waals surface area contributed by atoms with Gasteiger partial charge in [-0.15, -0.1) is 11.3 Å². The quantitative estimate of drug-likeness (QED) is 0.346. The Bertz CT molecular complexity index is 1060. The fourth-order valence-electron chi connectivity index (χ4n) is 4.65. The van der Waals surface area contributed by atoms with Crippen molar-refractivity contribution < 1.29 is 19.2 Å². The summed E-state index contributed by atoms with van der Waals surface area (Å²) in [6, 6.07) is 4.46. The van der Waals surface area contributed by atoms with Gasteiger partial charge in [0.1, 0.15) is 5.00 Å². The molecule has 1 aromatic carbocycles. The molecule has 176 valence electrons. The number of ether oxygens (including phenoxy) is 1. The summed E-state index contributed by atoms with van der Waals surface area (Å²) >= 11 is 1.41. The zero-order valence-electron chi connectivity index (χ0n) is 18.9. The van der Waals surface area contributed by atoms with Crippen molar-refractivity contribution in [1.82, 2.24) is 0 Å². The van der Waals surface area contributed by atoms with Gasteiger partial charge in [-0.05, 0) is 57.1 Å². The fourth-order valence-corrected chi connectivity index (χ4v) is 5.92. The van der Waals surface area contributed by atoms with Crippen molar-refractivity contribution >= 4 is 39.6 Å². The maximum absolute atomic E-state index is 13.5. The van der Waals surface area contributed by atoms with E-state index >= 15 is 0 Å². The van der Waals surface area contributed by atoms with Gasteiger partial charge >= 0.3 is 5.97 Å². The number of nitro benzene ring substituents is 1. The highest BCUT2D eigenvalue weighted by Crippen LogP contribution is 2.39. The van der Waals surface area contributed by atoms with Gasteiger partial charge < -0.3 is 15.0 Å². The van der Waals surface area contributed by atoms with Crippen molar-refractivity contribution in [1.29, 1.82) is 0 Å². The molecule has 0 atom stereocenters. The predicted octanol–water partition coefficient (Wildman–Crippen LogP) is 5.34. The van der Waals surface area contributed by atoms with Gasteiger partial charge in [-0.3, -0.25) is 14.9 Å². The van der Waals surface area contributed by atoms with Gasteiger partial charge in [-0.1, -0.05) is 12.8 Å². The zero-order valence-corrected chi connectivity index (χ0v) is 19.7. The van der Waals surface area contributed by atoms with Crippen molar-refractivity contribution in [3.05, 3.63) is 49.9 Å². The predicted molar refractivity (Wildman–Crippen MR) is 129 cm³/mol. The molecule has 1 aromatic heterocycles. The Labute approximate surface area is 197 Å². The number of hydrogen-bond acceptors (Lipinski definition) is 7. The molecule has 33 heavy (non-hydrogen) atoms. The maximum atomic E-state index is 13.5. The van der Waals surface area contributed by atoms with E-state index in [9.17, 15) is 19.7 Å². The smallest absolute Gasteiger partial charge is 0.341 e. The largest absolute Gasteiger partial charge is 0.462 e. The number of anilines is 2. The third kappa shape index (κ3) is 5.03. The number of non-ortho nitro benzene ring substituents is 1. The molecule has 2 aromatic rings. The number of thiophene rings is 1. The van der Waals surface area contributed by atoms with Crippen LogP contribution in [0, 0.1) is 10.1 Å². The summed E-state index contributed by atoms with van der Waals surface area (Å²) in [7, 11) is 0. The second kappa shape index (κ2) is 10.3. The number of nitrogens with one attached hydrogen (secondary N) is 1. The molecule has 0 spiro atoms. The second-order valence-electron chi connectivity index (χ2n) is 8.45.